The standard InChI is InChI=1S/C16H16N4O6/c1-9(2)10-3-5-12(6-4-10)17-15-13(19(23)24)7-11(16(21)18-22)8-14(15)20(25)26/h3-9,17,22H,1-2H3,(H,18,21). The molecule has 2 aromatic rings. The number of anilines is 2. The highest BCUT2D eigenvalue weighted by Crippen LogP contribution is 2.38. The molecule has 136 valence electrons. The van der Waals surface area contributed by atoms with E-state index < -0.39 is 32.7 Å². The van der Waals surface area contributed by atoms with Crippen LogP contribution in [0.4, 0.5) is 22.7 Å². The van der Waals surface area contributed by atoms with Gasteiger partial charge in [0.25, 0.3) is 5.91 Å². The molecular formula is C16H16N4O6. The Bertz CT molecular complexity index is 829. The van der Waals surface area contributed by atoms with E-state index in [-0.39, 0.29) is 11.6 Å². The minimum Gasteiger partial charge on any atom is -0.344 e. The summed E-state index contributed by atoms with van der Waals surface area (Å²) in [5.41, 5.74) is 0.660. The molecule has 0 saturated carbocycles. The van der Waals surface area contributed by atoms with Crippen LogP contribution in [0.15, 0.2) is 36.4 Å². The number of carbonyl (C=O) groups is 1. The molecule has 10 nitrogen and oxygen atoms in total. The van der Waals surface area contributed by atoms with Gasteiger partial charge in [-0.1, -0.05) is 26.0 Å². The molecule has 2 rings (SSSR count). The molecule has 0 aliphatic carbocycles. The van der Waals surface area contributed by atoms with Crippen molar-refractivity contribution in [3.8, 4) is 0 Å². The van der Waals surface area contributed by atoms with Gasteiger partial charge >= 0.3 is 11.4 Å². The SMILES string of the molecule is CC(C)c1ccc(Nc2c([N+](=O)[O-])cc(C(=O)NO)cc2[N+](=O)[O-])cc1. The molecule has 0 aromatic heterocycles. The third kappa shape index (κ3) is 3.92. The molecule has 0 spiro atoms. The van der Waals surface area contributed by atoms with E-state index in [1.54, 1.807) is 24.3 Å². The van der Waals surface area contributed by atoms with Crippen molar-refractivity contribution in [2.24, 2.45) is 0 Å². The van der Waals surface area contributed by atoms with Crippen LogP contribution in [0, 0.1) is 20.2 Å². The first-order valence-electron chi connectivity index (χ1n) is 7.52. The van der Waals surface area contributed by atoms with Crippen LogP contribution in [0.2, 0.25) is 0 Å². The van der Waals surface area contributed by atoms with Gasteiger partial charge in [-0.2, -0.15) is 0 Å². The summed E-state index contributed by atoms with van der Waals surface area (Å²) in [6.07, 6.45) is 0. The Morgan fingerprint density at radius 2 is 1.54 bits per heavy atom. The normalized spacial score (nSPS) is 10.5. The third-order valence-electron chi connectivity index (χ3n) is 3.70. The fourth-order valence-corrected chi connectivity index (χ4v) is 2.32. The van der Waals surface area contributed by atoms with Crippen molar-refractivity contribution in [2.45, 2.75) is 19.8 Å². The Morgan fingerprint density at radius 3 is 1.92 bits per heavy atom. The molecule has 0 bridgehead atoms. The fourth-order valence-electron chi connectivity index (χ4n) is 2.32. The first-order valence-corrected chi connectivity index (χ1v) is 7.52. The van der Waals surface area contributed by atoms with Crippen LogP contribution in [-0.2, 0) is 0 Å². The number of nitrogens with one attached hydrogen (secondary N) is 2. The van der Waals surface area contributed by atoms with E-state index in [2.05, 4.69) is 5.32 Å². The number of hydrogen-bond acceptors (Lipinski definition) is 7. The van der Waals surface area contributed by atoms with Crippen LogP contribution < -0.4 is 10.8 Å². The van der Waals surface area contributed by atoms with Gasteiger partial charge < -0.3 is 5.32 Å². The van der Waals surface area contributed by atoms with E-state index in [4.69, 9.17) is 5.21 Å². The number of nitro benzene ring substituents is 2. The number of rotatable bonds is 6. The van der Waals surface area contributed by atoms with Crippen LogP contribution in [0.3, 0.4) is 0 Å². The van der Waals surface area contributed by atoms with E-state index >= 15 is 0 Å². The third-order valence-corrected chi connectivity index (χ3v) is 3.70. The van der Waals surface area contributed by atoms with Crippen molar-refractivity contribution in [1.82, 2.24) is 5.48 Å². The Kier molecular flexibility index (Phi) is 5.48. The van der Waals surface area contributed by atoms with Gasteiger partial charge in [0.2, 0.25) is 0 Å². The van der Waals surface area contributed by atoms with Gasteiger partial charge in [-0.3, -0.25) is 30.2 Å². The minimum atomic E-state index is -1.09. The lowest BCUT2D eigenvalue weighted by Crippen LogP contribution is -2.19. The molecule has 0 aliphatic rings. The molecule has 0 fully saturated rings. The summed E-state index contributed by atoms with van der Waals surface area (Å²) in [5, 5.41) is 34.0. The van der Waals surface area contributed by atoms with Crippen molar-refractivity contribution in [3.63, 3.8) is 0 Å². The number of hydroxylamine groups is 1. The molecular weight excluding hydrogens is 344 g/mol. The van der Waals surface area contributed by atoms with Gasteiger partial charge in [-0.05, 0) is 23.6 Å². The minimum absolute atomic E-state index is 0.281. The van der Waals surface area contributed by atoms with Crippen LogP contribution in [0.5, 0.6) is 0 Å². The summed E-state index contributed by atoms with van der Waals surface area (Å²) >= 11 is 0. The van der Waals surface area contributed by atoms with Gasteiger partial charge in [-0.15, -0.1) is 0 Å². The Hall–Kier alpha value is -3.53. The predicted octanol–water partition coefficient (Wildman–Crippen LogP) is 3.49. The smallest absolute Gasteiger partial charge is 0.300 e. The zero-order chi connectivity index (χ0) is 19.4. The van der Waals surface area contributed by atoms with Crippen molar-refractivity contribution in [3.05, 3.63) is 67.8 Å². The lowest BCUT2D eigenvalue weighted by Gasteiger charge is -2.11. The number of carbonyl (C=O) groups excluding carboxylic acids is 1. The average molecular weight is 360 g/mol. The van der Waals surface area contributed by atoms with Crippen LogP contribution in [-0.4, -0.2) is 21.0 Å². The van der Waals surface area contributed by atoms with E-state index in [1.807, 2.05) is 13.8 Å². The van der Waals surface area contributed by atoms with Gasteiger partial charge in [0.05, 0.1) is 15.4 Å². The largest absolute Gasteiger partial charge is 0.344 e. The van der Waals surface area contributed by atoms with Crippen molar-refractivity contribution in [1.29, 1.82) is 0 Å². The molecule has 0 saturated heterocycles. The maximum Gasteiger partial charge on any atom is 0.300 e. The molecule has 1 amide bonds. The second kappa shape index (κ2) is 7.57. The Labute approximate surface area is 147 Å². The first-order chi connectivity index (χ1) is 12.2. The molecule has 3 N–H and O–H groups in total. The number of amides is 1. The zero-order valence-electron chi connectivity index (χ0n) is 13.9. The van der Waals surface area contributed by atoms with Gasteiger partial charge in [0, 0.05) is 17.8 Å². The molecule has 0 atom stereocenters. The van der Waals surface area contributed by atoms with Crippen LogP contribution in [0.25, 0.3) is 0 Å². The summed E-state index contributed by atoms with van der Waals surface area (Å²) in [7, 11) is 0. The molecule has 0 heterocycles. The summed E-state index contributed by atoms with van der Waals surface area (Å²) in [5.74, 6) is -0.812. The summed E-state index contributed by atoms with van der Waals surface area (Å²) in [6, 6.07) is 8.61. The monoisotopic (exact) mass is 360 g/mol. The first kappa shape index (κ1) is 18.8. The quantitative estimate of drug-likeness (QED) is 0.405. The Morgan fingerprint density at radius 1 is 1.04 bits per heavy atom. The van der Waals surface area contributed by atoms with Gasteiger partial charge in [0.15, 0.2) is 5.69 Å². The maximum atomic E-state index is 11.5. The Balaban J connectivity index is 2.56. The number of nitrogens with zero attached hydrogens (tertiary/aromatic N) is 2. The van der Waals surface area contributed by atoms with E-state index in [0.717, 1.165) is 17.7 Å². The highest BCUT2D eigenvalue weighted by Gasteiger charge is 2.28. The van der Waals surface area contributed by atoms with Gasteiger partial charge in [0.1, 0.15) is 0 Å². The molecule has 0 aliphatic heterocycles. The molecule has 0 radical (unpaired) electrons. The van der Waals surface area contributed by atoms with Crippen LogP contribution >= 0.6 is 0 Å². The van der Waals surface area contributed by atoms with E-state index in [9.17, 15) is 25.0 Å². The zero-order valence-corrected chi connectivity index (χ0v) is 13.9. The predicted molar refractivity (Wildman–Crippen MR) is 92.8 cm³/mol. The lowest BCUT2D eigenvalue weighted by atomic mass is 10.0. The summed E-state index contributed by atoms with van der Waals surface area (Å²) < 4.78 is 0. The summed E-state index contributed by atoms with van der Waals surface area (Å²) in [6.45, 7) is 4.01. The van der Waals surface area contributed by atoms with E-state index in [1.165, 1.54) is 5.48 Å². The highest BCUT2D eigenvalue weighted by molar-refractivity contribution is 5.97. The van der Waals surface area contributed by atoms with Crippen molar-refractivity contribution >= 4 is 28.7 Å². The molecule has 26 heavy (non-hydrogen) atoms. The number of benzene rings is 2. The second-order valence-corrected chi connectivity index (χ2v) is 5.75. The van der Waals surface area contributed by atoms with Crippen molar-refractivity contribution in [2.75, 3.05) is 5.32 Å². The lowest BCUT2D eigenvalue weighted by molar-refractivity contribution is -0.392. The topological polar surface area (TPSA) is 148 Å². The highest BCUT2D eigenvalue weighted by atomic mass is 16.6. The second-order valence-electron chi connectivity index (χ2n) is 5.75. The van der Waals surface area contributed by atoms with Crippen LogP contribution in [0.1, 0.15) is 35.7 Å². The molecule has 10 heteroatoms. The summed E-state index contributed by atoms with van der Waals surface area (Å²) in [4.78, 5) is 32.5. The van der Waals surface area contributed by atoms with Crippen molar-refractivity contribution < 1.29 is 19.8 Å². The number of hydrogen-bond donors (Lipinski definition) is 3. The fraction of sp³-hybridized carbons (Fsp3) is 0.188. The van der Waals surface area contributed by atoms with Gasteiger partial charge in [-0.25, -0.2) is 5.48 Å². The molecule has 0 unspecified atom stereocenters. The number of nitro groups is 2. The van der Waals surface area contributed by atoms with E-state index in [0.29, 0.717) is 5.69 Å². The average Bonchev–Trinajstić information content (AvgIpc) is 2.61. The molecule has 2 aromatic carbocycles. The maximum absolute atomic E-state index is 11.5.